The Morgan fingerprint density at radius 2 is 1.79 bits per heavy atom. The summed E-state index contributed by atoms with van der Waals surface area (Å²) in [5.41, 5.74) is 5.52. The van der Waals surface area contributed by atoms with Crippen molar-refractivity contribution >= 4 is 28.6 Å². The second-order valence-electron chi connectivity index (χ2n) is 10.1. The maximum absolute atomic E-state index is 13.7. The maximum atomic E-state index is 13.7. The lowest BCUT2D eigenvalue weighted by atomic mass is 9.90. The van der Waals surface area contributed by atoms with Gasteiger partial charge in [0.1, 0.15) is 17.8 Å². The Morgan fingerprint density at radius 3 is 2.59 bits per heavy atom. The first kappa shape index (κ1) is 24.7. The number of para-hydroxylation sites is 1. The molecule has 198 valence electrons. The summed E-state index contributed by atoms with van der Waals surface area (Å²) in [7, 11) is 1.62. The van der Waals surface area contributed by atoms with Crippen LogP contribution in [0.5, 0.6) is 5.75 Å². The van der Waals surface area contributed by atoms with Gasteiger partial charge in [0.15, 0.2) is 0 Å². The van der Waals surface area contributed by atoms with E-state index in [1.807, 2.05) is 72.8 Å². The van der Waals surface area contributed by atoms with Crippen molar-refractivity contribution in [2.45, 2.75) is 37.9 Å². The number of nitrogens with one attached hydrogen (secondary N) is 3. The summed E-state index contributed by atoms with van der Waals surface area (Å²) in [6.45, 7) is 2.11. The summed E-state index contributed by atoms with van der Waals surface area (Å²) in [6.07, 6.45) is 1.03. The number of methoxy groups -OCH3 is 1. The Hall–Kier alpha value is -4.59. The molecule has 6 rings (SSSR count). The van der Waals surface area contributed by atoms with Crippen molar-refractivity contribution in [3.63, 3.8) is 0 Å². The zero-order valence-corrected chi connectivity index (χ0v) is 21.9. The fourth-order valence-corrected chi connectivity index (χ4v) is 5.79. The molecule has 8 heteroatoms. The first-order valence-corrected chi connectivity index (χ1v) is 13.2. The van der Waals surface area contributed by atoms with Gasteiger partial charge in [-0.25, -0.2) is 0 Å². The van der Waals surface area contributed by atoms with Crippen molar-refractivity contribution in [2.75, 3.05) is 13.7 Å². The molecule has 3 heterocycles. The highest BCUT2D eigenvalue weighted by atomic mass is 16.5. The molecular weight excluding hydrogens is 492 g/mol. The minimum absolute atomic E-state index is 0.170. The van der Waals surface area contributed by atoms with E-state index in [9.17, 15) is 14.4 Å². The molecule has 2 aliphatic rings. The number of carbonyl (C=O) groups excluding carboxylic acids is 3. The lowest BCUT2D eigenvalue weighted by Crippen LogP contribution is -2.56. The molecule has 2 aliphatic heterocycles. The molecule has 4 aromatic rings. The Bertz CT molecular complexity index is 1580. The molecule has 3 atom stereocenters. The second-order valence-corrected chi connectivity index (χ2v) is 10.1. The van der Waals surface area contributed by atoms with E-state index in [4.69, 9.17) is 4.74 Å². The Labute approximate surface area is 226 Å². The number of ether oxygens (including phenoxy) is 1. The van der Waals surface area contributed by atoms with E-state index in [0.717, 1.165) is 39.0 Å². The van der Waals surface area contributed by atoms with Crippen LogP contribution >= 0.6 is 0 Å². The first-order chi connectivity index (χ1) is 19.0. The van der Waals surface area contributed by atoms with Gasteiger partial charge in [0.05, 0.1) is 13.2 Å². The van der Waals surface area contributed by atoms with Crippen molar-refractivity contribution in [3.8, 4) is 5.75 Å². The zero-order valence-electron chi connectivity index (χ0n) is 21.9. The number of aromatic nitrogens is 1. The van der Waals surface area contributed by atoms with E-state index in [1.54, 1.807) is 18.9 Å². The number of amides is 3. The number of nitrogens with zero attached hydrogens (tertiary/aromatic N) is 1. The van der Waals surface area contributed by atoms with Crippen LogP contribution < -0.4 is 15.4 Å². The quantitative estimate of drug-likeness (QED) is 0.346. The number of H-pyrrole nitrogens is 1. The van der Waals surface area contributed by atoms with E-state index in [1.165, 1.54) is 0 Å². The summed E-state index contributed by atoms with van der Waals surface area (Å²) in [5.74, 6) is 0.00277. The van der Waals surface area contributed by atoms with Gasteiger partial charge in [-0.1, -0.05) is 48.5 Å². The number of benzene rings is 3. The van der Waals surface area contributed by atoms with Crippen LogP contribution in [0.15, 0.2) is 72.8 Å². The number of aromatic amines is 1. The fraction of sp³-hybridized carbons (Fsp3) is 0.258. The van der Waals surface area contributed by atoms with Crippen molar-refractivity contribution in [3.05, 3.63) is 101 Å². The molecular formula is C31H30N4O4. The van der Waals surface area contributed by atoms with Gasteiger partial charge in [-0.3, -0.25) is 14.4 Å². The Balaban J connectivity index is 1.19. The third-order valence-electron chi connectivity index (χ3n) is 7.78. The number of rotatable bonds is 7. The SMILES string of the molecule is COc1ccc(CCNC(=O)[C@H](C)NC(=O)[C@@H]2Cc3c([nH]c4ccccc34)[C@@H]3c4ccccc4C(=O)N32)cc1. The Morgan fingerprint density at radius 1 is 1.05 bits per heavy atom. The van der Waals surface area contributed by atoms with E-state index < -0.39 is 12.1 Å². The van der Waals surface area contributed by atoms with E-state index in [2.05, 4.69) is 15.6 Å². The largest absolute Gasteiger partial charge is 0.497 e. The third-order valence-corrected chi connectivity index (χ3v) is 7.78. The van der Waals surface area contributed by atoms with Gasteiger partial charge in [0.25, 0.3) is 5.91 Å². The molecule has 0 spiro atoms. The van der Waals surface area contributed by atoms with Crippen molar-refractivity contribution in [1.82, 2.24) is 20.5 Å². The normalized spacial score (nSPS) is 18.2. The van der Waals surface area contributed by atoms with Crippen LogP contribution in [0, 0.1) is 0 Å². The number of fused-ring (bicyclic) bond motifs is 7. The highest BCUT2D eigenvalue weighted by Gasteiger charge is 2.49. The van der Waals surface area contributed by atoms with E-state index in [0.29, 0.717) is 24.9 Å². The zero-order chi connectivity index (χ0) is 27.1. The predicted octanol–water partition coefficient (Wildman–Crippen LogP) is 3.51. The van der Waals surface area contributed by atoms with Gasteiger partial charge >= 0.3 is 0 Å². The molecule has 0 radical (unpaired) electrons. The van der Waals surface area contributed by atoms with Gasteiger partial charge in [0.2, 0.25) is 11.8 Å². The molecule has 0 saturated heterocycles. The minimum Gasteiger partial charge on any atom is -0.497 e. The van der Waals surface area contributed by atoms with Gasteiger partial charge in [-0.15, -0.1) is 0 Å². The predicted molar refractivity (Wildman–Crippen MR) is 148 cm³/mol. The standard InChI is InChI=1S/C31H30N4O4/c1-18(29(36)32-16-15-19-11-13-20(39-2)14-12-19)33-30(37)26-17-24-21-7-5-6-10-25(21)34-27(24)28-22-8-3-4-9-23(22)31(38)35(26)28/h3-14,18,26,28,34H,15-17H2,1-2H3,(H,32,36)(H,33,37)/t18-,26-,28-/m0/s1. The maximum Gasteiger partial charge on any atom is 0.255 e. The van der Waals surface area contributed by atoms with Crippen LogP contribution in [-0.4, -0.2) is 53.3 Å². The lowest BCUT2D eigenvalue weighted by molar-refractivity contribution is -0.131. The number of hydrogen-bond acceptors (Lipinski definition) is 4. The van der Waals surface area contributed by atoms with Crippen molar-refractivity contribution in [1.29, 1.82) is 0 Å². The van der Waals surface area contributed by atoms with Crippen LogP contribution in [0.25, 0.3) is 10.9 Å². The van der Waals surface area contributed by atoms with Crippen molar-refractivity contribution < 1.29 is 19.1 Å². The van der Waals surface area contributed by atoms with Crippen LogP contribution in [0.3, 0.4) is 0 Å². The molecule has 39 heavy (non-hydrogen) atoms. The minimum atomic E-state index is -0.753. The fourth-order valence-electron chi connectivity index (χ4n) is 5.79. The van der Waals surface area contributed by atoms with Crippen molar-refractivity contribution in [2.24, 2.45) is 0 Å². The summed E-state index contributed by atoms with van der Waals surface area (Å²) >= 11 is 0. The van der Waals surface area contributed by atoms with E-state index in [-0.39, 0.29) is 23.8 Å². The van der Waals surface area contributed by atoms with E-state index >= 15 is 0 Å². The van der Waals surface area contributed by atoms with Gasteiger partial charge in [-0.2, -0.15) is 0 Å². The molecule has 0 unspecified atom stereocenters. The summed E-state index contributed by atoms with van der Waals surface area (Å²) in [6, 6.07) is 21.3. The molecule has 3 amide bonds. The second kappa shape index (κ2) is 9.94. The molecule has 1 aromatic heterocycles. The lowest BCUT2D eigenvalue weighted by Gasteiger charge is -2.37. The molecule has 0 saturated carbocycles. The average Bonchev–Trinajstić information content (AvgIpc) is 3.48. The molecule has 0 aliphatic carbocycles. The molecule has 3 aromatic carbocycles. The number of hydrogen-bond donors (Lipinski definition) is 3. The highest BCUT2D eigenvalue weighted by Crippen LogP contribution is 2.46. The number of carbonyl (C=O) groups is 3. The van der Waals surface area contributed by atoms with Gasteiger partial charge in [0, 0.05) is 35.1 Å². The monoisotopic (exact) mass is 522 g/mol. The smallest absolute Gasteiger partial charge is 0.255 e. The molecule has 8 nitrogen and oxygen atoms in total. The Kier molecular flexibility index (Phi) is 6.30. The summed E-state index contributed by atoms with van der Waals surface area (Å²) in [5, 5.41) is 6.82. The first-order valence-electron chi connectivity index (χ1n) is 13.2. The van der Waals surface area contributed by atoms with Crippen LogP contribution in [0.2, 0.25) is 0 Å². The molecule has 3 N–H and O–H groups in total. The van der Waals surface area contributed by atoms with Crippen LogP contribution in [-0.2, 0) is 22.4 Å². The van der Waals surface area contributed by atoms with Gasteiger partial charge < -0.3 is 25.3 Å². The van der Waals surface area contributed by atoms with Crippen LogP contribution in [0.1, 0.15) is 45.7 Å². The summed E-state index contributed by atoms with van der Waals surface area (Å²) < 4.78 is 5.18. The summed E-state index contributed by atoms with van der Waals surface area (Å²) in [4.78, 5) is 45.2. The third kappa shape index (κ3) is 4.31. The molecule has 0 bridgehead atoms. The average molecular weight is 523 g/mol. The van der Waals surface area contributed by atoms with Crippen LogP contribution in [0.4, 0.5) is 0 Å². The highest BCUT2D eigenvalue weighted by molar-refractivity contribution is 6.04. The molecule has 0 fully saturated rings. The topological polar surface area (TPSA) is 104 Å². The van der Waals surface area contributed by atoms with Gasteiger partial charge in [-0.05, 0) is 54.3 Å².